The lowest BCUT2D eigenvalue weighted by Crippen LogP contribution is -2.40. The van der Waals surface area contributed by atoms with Crippen molar-refractivity contribution in [2.45, 2.75) is 25.7 Å². The predicted molar refractivity (Wildman–Crippen MR) is 114 cm³/mol. The van der Waals surface area contributed by atoms with E-state index in [1.165, 1.54) is 0 Å². The number of Topliss-reactive ketones (excluding diaryl/α,β-unsaturated/α-hetero) is 1. The number of ketones is 1. The van der Waals surface area contributed by atoms with Gasteiger partial charge in [0.15, 0.2) is 5.78 Å². The lowest BCUT2D eigenvalue weighted by atomic mass is 9.88. The van der Waals surface area contributed by atoms with Crippen molar-refractivity contribution in [3.63, 3.8) is 0 Å². The van der Waals surface area contributed by atoms with Crippen LogP contribution >= 0.6 is 11.6 Å². The number of rotatable bonds is 4. The summed E-state index contributed by atoms with van der Waals surface area (Å²) in [6.45, 7) is 3.73. The number of pyridine rings is 1. The number of nitrogens with one attached hydrogen (secondary N) is 1. The molecule has 2 fully saturated rings. The number of halogens is 1. The molecule has 1 N–H and O–H groups in total. The van der Waals surface area contributed by atoms with Crippen LogP contribution in [0, 0.1) is 11.8 Å². The molecule has 6 nitrogen and oxygen atoms in total. The first-order chi connectivity index (χ1) is 14.4. The number of piperidine rings is 1. The Morgan fingerprint density at radius 3 is 2.30 bits per heavy atom. The summed E-state index contributed by atoms with van der Waals surface area (Å²) in [4.78, 5) is 43.7. The topological polar surface area (TPSA) is 79.4 Å². The minimum Gasteiger partial charge on any atom is -0.355 e. The Hall–Kier alpha value is -2.73. The molecular formula is C23H24ClN3O3. The van der Waals surface area contributed by atoms with Crippen LogP contribution in [0.5, 0.6) is 0 Å². The minimum atomic E-state index is -0.260. The van der Waals surface area contributed by atoms with Crippen LogP contribution in [0.15, 0.2) is 42.6 Å². The fourth-order valence-corrected chi connectivity index (χ4v) is 4.39. The van der Waals surface area contributed by atoms with Gasteiger partial charge in [0.2, 0.25) is 5.91 Å². The van der Waals surface area contributed by atoms with E-state index in [0.29, 0.717) is 54.3 Å². The Bertz CT molecular complexity index is 951. The molecule has 2 atom stereocenters. The number of hydrogen-bond donors (Lipinski definition) is 1. The van der Waals surface area contributed by atoms with E-state index in [2.05, 4.69) is 10.3 Å². The van der Waals surface area contributed by atoms with Gasteiger partial charge in [-0.3, -0.25) is 19.4 Å². The molecule has 1 aromatic heterocycles. The second-order valence-corrected chi connectivity index (χ2v) is 8.55. The summed E-state index contributed by atoms with van der Waals surface area (Å²) in [5, 5.41) is 3.45. The molecule has 156 valence electrons. The van der Waals surface area contributed by atoms with Crippen molar-refractivity contribution in [3.8, 4) is 0 Å². The lowest BCUT2D eigenvalue weighted by Gasteiger charge is -2.31. The Morgan fingerprint density at radius 2 is 1.73 bits per heavy atom. The molecule has 0 saturated carbocycles. The number of amides is 2. The van der Waals surface area contributed by atoms with Crippen LogP contribution in [0.3, 0.4) is 0 Å². The molecule has 2 amide bonds. The zero-order chi connectivity index (χ0) is 21.3. The van der Waals surface area contributed by atoms with Crippen molar-refractivity contribution in [1.29, 1.82) is 0 Å². The monoisotopic (exact) mass is 425 g/mol. The van der Waals surface area contributed by atoms with Gasteiger partial charge < -0.3 is 10.2 Å². The largest absolute Gasteiger partial charge is 0.355 e. The first kappa shape index (κ1) is 20.5. The van der Waals surface area contributed by atoms with Gasteiger partial charge in [0.1, 0.15) is 0 Å². The van der Waals surface area contributed by atoms with Crippen LogP contribution in [0.25, 0.3) is 0 Å². The Labute approximate surface area is 180 Å². The van der Waals surface area contributed by atoms with E-state index in [1.807, 2.05) is 6.92 Å². The molecule has 30 heavy (non-hydrogen) atoms. The summed E-state index contributed by atoms with van der Waals surface area (Å²) in [7, 11) is 0. The van der Waals surface area contributed by atoms with Crippen molar-refractivity contribution in [1.82, 2.24) is 15.2 Å². The predicted octanol–water partition coefficient (Wildman–Crippen LogP) is 3.32. The van der Waals surface area contributed by atoms with Crippen molar-refractivity contribution < 1.29 is 14.4 Å². The number of benzene rings is 1. The molecule has 2 aliphatic heterocycles. The van der Waals surface area contributed by atoms with Crippen molar-refractivity contribution in [3.05, 3.63) is 64.4 Å². The Kier molecular flexibility index (Phi) is 5.86. The molecule has 1 unspecified atom stereocenters. The summed E-state index contributed by atoms with van der Waals surface area (Å²) in [6, 6.07) is 10.5. The number of carbonyl (C=O) groups excluding carboxylic acids is 3. The quantitative estimate of drug-likeness (QED) is 0.762. The maximum atomic E-state index is 12.9. The van der Waals surface area contributed by atoms with Crippen LogP contribution < -0.4 is 5.32 Å². The van der Waals surface area contributed by atoms with Crippen molar-refractivity contribution in [2.24, 2.45) is 11.8 Å². The number of aromatic nitrogens is 1. The van der Waals surface area contributed by atoms with Crippen LogP contribution in [-0.4, -0.2) is 47.1 Å². The highest BCUT2D eigenvalue weighted by Crippen LogP contribution is 2.28. The lowest BCUT2D eigenvalue weighted by molar-refractivity contribution is -0.120. The highest BCUT2D eigenvalue weighted by atomic mass is 35.5. The normalized spacial score (nSPS) is 22.1. The SMILES string of the molecule is CC1CNC(=O)[C@H]1c1ccc(C(=O)N2CCC(C(=O)c3ccc(Cl)cc3)CC2)cn1. The van der Waals surface area contributed by atoms with E-state index in [-0.39, 0.29) is 35.4 Å². The fourth-order valence-electron chi connectivity index (χ4n) is 4.27. The molecule has 4 rings (SSSR count). The van der Waals surface area contributed by atoms with E-state index in [0.717, 1.165) is 0 Å². The van der Waals surface area contributed by atoms with Gasteiger partial charge in [-0.05, 0) is 55.2 Å². The van der Waals surface area contributed by atoms with Gasteiger partial charge in [-0.2, -0.15) is 0 Å². The standard InChI is InChI=1S/C23H24ClN3O3/c1-14-12-26-22(29)20(14)19-7-4-17(13-25-19)23(30)27-10-8-16(9-11-27)21(28)15-2-5-18(24)6-3-15/h2-7,13-14,16,20H,8-12H2,1H3,(H,26,29)/t14?,20-/m1/s1. The highest BCUT2D eigenvalue weighted by molar-refractivity contribution is 6.30. The van der Waals surface area contributed by atoms with Gasteiger partial charge >= 0.3 is 0 Å². The molecule has 0 bridgehead atoms. The number of likely N-dealkylation sites (tertiary alicyclic amines) is 1. The van der Waals surface area contributed by atoms with Gasteiger partial charge in [-0.25, -0.2) is 0 Å². The van der Waals surface area contributed by atoms with E-state index in [4.69, 9.17) is 11.6 Å². The number of carbonyl (C=O) groups is 3. The zero-order valence-electron chi connectivity index (χ0n) is 16.8. The molecule has 1 aromatic carbocycles. The summed E-state index contributed by atoms with van der Waals surface area (Å²) in [5.74, 6) is -0.156. The average Bonchev–Trinajstić information content (AvgIpc) is 3.11. The van der Waals surface area contributed by atoms with Gasteiger partial charge in [-0.1, -0.05) is 18.5 Å². The molecular weight excluding hydrogens is 402 g/mol. The minimum absolute atomic E-state index is 0.0125. The van der Waals surface area contributed by atoms with E-state index in [1.54, 1.807) is 47.5 Å². The van der Waals surface area contributed by atoms with Gasteiger partial charge in [-0.15, -0.1) is 0 Å². The van der Waals surface area contributed by atoms with Gasteiger partial charge in [0, 0.05) is 42.3 Å². The molecule has 7 heteroatoms. The van der Waals surface area contributed by atoms with Crippen molar-refractivity contribution in [2.75, 3.05) is 19.6 Å². The average molecular weight is 426 g/mol. The third kappa shape index (κ3) is 4.10. The van der Waals surface area contributed by atoms with Crippen molar-refractivity contribution >= 4 is 29.2 Å². The molecule has 2 aliphatic rings. The Balaban J connectivity index is 1.36. The van der Waals surface area contributed by atoms with Crippen LogP contribution in [0.2, 0.25) is 5.02 Å². The number of nitrogens with zero attached hydrogens (tertiary/aromatic N) is 2. The van der Waals surface area contributed by atoms with Crippen LogP contribution in [0.1, 0.15) is 52.1 Å². The fraction of sp³-hybridized carbons (Fsp3) is 0.391. The summed E-state index contributed by atoms with van der Waals surface area (Å²) in [6.07, 6.45) is 2.83. The highest BCUT2D eigenvalue weighted by Gasteiger charge is 2.34. The molecule has 2 aromatic rings. The second-order valence-electron chi connectivity index (χ2n) is 8.11. The van der Waals surface area contributed by atoms with E-state index in [9.17, 15) is 14.4 Å². The van der Waals surface area contributed by atoms with Gasteiger partial charge in [0.05, 0.1) is 17.2 Å². The van der Waals surface area contributed by atoms with Gasteiger partial charge in [0.25, 0.3) is 5.91 Å². The number of hydrogen-bond acceptors (Lipinski definition) is 4. The second kappa shape index (κ2) is 8.56. The Morgan fingerprint density at radius 1 is 1.07 bits per heavy atom. The van der Waals surface area contributed by atoms with Crippen LogP contribution in [-0.2, 0) is 4.79 Å². The van der Waals surface area contributed by atoms with E-state index < -0.39 is 0 Å². The third-order valence-electron chi connectivity index (χ3n) is 6.08. The summed E-state index contributed by atoms with van der Waals surface area (Å²) >= 11 is 5.89. The van der Waals surface area contributed by atoms with Crippen LogP contribution in [0.4, 0.5) is 0 Å². The molecule has 2 saturated heterocycles. The first-order valence-corrected chi connectivity index (χ1v) is 10.6. The molecule has 0 aliphatic carbocycles. The summed E-state index contributed by atoms with van der Waals surface area (Å²) < 4.78 is 0. The smallest absolute Gasteiger partial charge is 0.255 e. The maximum Gasteiger partial charge on any atom is 0.255 e. The zero-order valence-corrected chi connectivity index (χ0v) is 17.6. The molecule has 0 radical (unpaired) electrons. The maximum absolute atomic E-state index is 12.9. The first-order valence-electron chi connectivity index (χ1n) is 10.3. The molecule has 3 heterocycles. The summed E-state index contributed by atoms with van der Waals surface area (Å²) in [5.41, 5.74) is 1.86. The van der Waals surface area contributed by atoms with E-state index >= 15 is 0 Å². The molecule has 0 spiro atoms. The third-order valence-corrected chi connectivity index (χ3v) is 6.34.